The van der Waals surface area contributed by atoms with Gasteiger partial charge in [-0.05, 0) is 23.2 Å². The van der Waals surface area contributed by atoms with Crippen LogP contribution in [0.5, 0.6) is 0 Å². The molecule has 6 heteroatoms. The molecule has 0 radical (unpaired) electrons. The van der Waals surface area contributed by atoms with Crippen LogP contribution < -0.4 is 0 Å². The molecule has 2 rings (SSSR count). The molecule has 1 aliphatic rings. The van der Waals surface area contributed by atoms with Crippen molar-refractivity contribution in [3.8, 4) is 0 Å². The number of thioether (sulfide) groups is 1. The van der Waals surface area contributed by atoms with Crippen LogP contribution in [0.4, 0.5) is 0 Å². The van der Waals surface area contributed by atoms with Gasteiger partial charge in [-0.1, -0.05) is 11.8 Å². The van der Waals surface area contributed by atoms with Crippen molar-refractivity contribution in [3.63, 3.8) is 0 Å². The molecule has 0 atom stereocenters. The van der Waals surface area contributed by atoms with Gasteiger partial charge in [0, 0.05) is 5.25 Å². The molecule has 0 saturated heterocycles. The van der Waals surface area contributed by atoms with Crippen LogP contribution in [0.2, 0.25) is 0 Å². The molecule has 1 aromatic heterocycles. The fraction of sp³-hybridized carbons (Fsp3) is 0.500. The Morgan fingerprint density at radius 2 is 2.33 bits per heavy atom. The number of nitrogens with zero attached hydrogens (tertiary/aromatic N) is 2. The molecule has 5 nitrogen and oxygen atoms in total. The highest BCUT2D eigenvalue weighted by molar-refractivity contribution is 8.00. The van der Waals surface area contributed by atoms with E-state index in [2.05, 4.69) is 14.9 Å². The van der Waals surface area contributed by atoms with Gasteiger partial charge < -0.3 is 5.11 Å². The highest BCUT2D eigenvalue weighted by Gasteiger charge is 2.28. The van der Waals surface area contributed by atoms with Crippen molar-refractivity contribution in [2.75, 3.05) is 0 Å². The zero-order chi connectivity index (χ0) is 8.55. The second-order valence-corrected chi connectivity index (χ2v) is 3.83. The summed E-state index contributed by atoms with van der Waals surface area (Å²) in [5, 5.41) is 16.3. The summed E-state index contributed by atoms with van der Waals surface area (Å²) in [5.74, 6) is -1.08. The minimum Gasteiger partial charge on any atom is -0.476 e. The highest BCUT2D eigenvalue weighted by Crippen LogP contribution is 2.39. The Bertz CT molecular complexity index is 307. The van der Waals surface area contributed by atoms with Gasteiger partial charge in [-0.15, -0.1) is 0 Å². The van der Waals surface area contributed by atoms with Crippen molar-refractivity contribution in [2.24, 2.45) is 0 Å². The Labute approximate surface area is 72.1 Å². The smallest absolute Gasteiger partial charge is 0.361 e. The number of carboxylic acids is 1. The van der Waals surface area contributed by atoms with E-state index in [1.54, 1.807) is 0 Å². The first kappa shape index (κ1) is 7.60. The highest BCUT2D eigenvalue weighted by atomic mass is 32.2. The Hall–Kier alpha value is -1.04. The van der Waals surface area contributed by atoms with Gasteiger partial charge in [0.1, 0.15) is 0 Å². The zero-order valence-corrected chi connectivity index (χ0v) is 6.87. The predicted octanol–water partition coefficient (Wildman–Crippen LogP) is 1.02. The number of aromatic carboxylic acids is 1. The van der Waals surface area contributed by atoms with Crippen molar-refractivity contribution in [3.05, 3.63) is 5.69 Å². The number of aromatic nitrogens is 2. The third-order valence-corrected chi connectivity index (χ3v) is 2.76. The molecule has 0 spiro atoms. The van der Waals surface area contributed by atoms with Gasteiger partial charge in [-0.3, -0.25) is 0 Å². The molecule has 12 heavy (non-hydrogen) atoms. The van der Waals surface area contributed by atoms with Gasteiger partial charge in [0.15, 0.2) is 5.03 Å². The Morgan fingerprint density at radius 3 is 2.92 bits per heavy atom. The standard InChI is InChI=1S/C6H6N2O3S/c9-6(10)4-5(8-11-7-4)12-3-1-2-3/h3H,1-2H2,(H,9,10). The van der Waals surface area contributed by atoms with E-state index in [-0.39, 0.29) is 5.69 Å². The van der Waals surface area contributed by atoms with Crippen LogP contribution in [0.3, 0.4) is 0 Å². The van der Waals surface area contributed by atoms with Crippen molar-refractivity contribution < 1.29 is 14.5 Å². The van der Waals surface area contributed by atoms with Crippen LogP contribution in [-0.4, -0.2) is 26.6 Å². The van der Waals surface area contributed by atoms with E-state index >= 15 is 0 Å². The molecular formula is C6H6N2O3S. The van der Waals surface area contributed by atoms with Crippen LogP contribution in [-0.2, 0) is 0 Å². The summed E-state index contributed by atoms with van der Waals surface area (Å²) in [6, 6.07) is 0. The normalized spacial score (nSPS) is 16.3. The maximum absolute atomic E-state index is 10.5. The van der Waals surface area contributed by atoms with Gasteiger partial charge in [0.2, 0.25) is 5.69 Å². The fourth-order valence-electron chi connectivity index (χ4n) is 0.732. The maximum atomic E-state index is 10.5. The first-order chi connectivity index (χ1) is 5.77. The van der Waals surface area contributed by atoms with Gasteiger partial charge in [-0.25, -0.2) is 9.42 Å². The monoisotopic (exact) mass is 186 g/mol. The lowest BCUT2D eigenvalue weighted by atomic mass is 10.5. The second kappa shape index (κ2) is 2.78. The predicted molar refractivity (Wildman–Crippen MR) is 40.1 cm³/mol. The molecule has 1 aliphatic carbocycles. The third kappa shape index (κ3) is 1.42. The first-order valence-electron chi connectivity index (χ1n) is 3.50. The van der Waals surface area contributed by atoms with Crippen LogP contribution in [0, 0.1) is 0 Å². The number of rotatable bonds is 3. The molecule has 0 amide bonds. The molecule has 1 saturated carbocycles. The molecule has 0 aliphatic heterocycles. The van der Waals surface area contributed by atoms with Gasteiger partial charge >= 0.3 is 5.97 Å². The quantitative estimate of drug-likeness (QED) is 0.759. The van der Waals surface area contributed by atoms with E-state index < -0.39 is 5.97 Å². The largest absolute Gasteiger partial charge is 0.476 e. The van der Waals surface area contributed by atoms with E-state index in [1.807, 2.05) is 0 Å². The molecule has 1 heterocycles. The molecule has 0 bridgehead atoms. The summed E-state index contributed by atoms with van der Waals surface area (Å²) in [6.07, 6.45) is 2.24. The van der Waals surface area contributed by atoms with Crippen molar-refractivity contribution >= 4 is 17.7 Å². The summed E-state index contributed by atoms with van der Waals surface area (Å²) in [5.41, 5.74) is -0.0769. The van der Waals surface area contributed by atoms with E-state index in [0.29, 0.717) is 10.3 Å². The van der Waals surface area contributed by atoms with E-state index in [1.165, 1.54) is 11.8 Å². The summed E-state index contributed by atoms with van der Waals surface area (Å²) in [4.78, 5) is 10.5. The van der Waals surface area contributed by atoms with Crippen LogP contribution >= 0.6 is 11.8 Å². The van der Waals surface area contributed by atoms with Gasteiger partial charge in [0.05, 0.1) is 0 Å². The number of hydrogen-bond donors (Lipinski definition) is 1. The van der Waals surface area contributed by atoms with Crippen LogP contribution in [0.15, 0.2) is 9.65 Å². The lowest BCUT2D eigenvalue weighted by Gasteiger charge is -1.90. The minimum absolute atomic E-state index is 0.0769. The molecule has 0 unspecified atom stereocenters. The second-order valence-electron chi connectivity index (χ2n) is 2.54. The SMILES string of the molecule is O=C(O)c1nonc1SC1CC1. The summed E-state index contributed by atoms with van der Waals surface area (Å²) < 4.78 is 4.33. The number of carbonyl (C=O) groups is 1. The van der Waals surface area contributed by atoms with Crippen molar-refractivity contribution in [1.82, 2.24) is 10.3 Å². The minimum atomic E-state index is -1.08. The van der Waals surface area contributed by atoms with E-state index in [4.69, 9.17) is 5.11 Å². The Kier molecular flexibility index (Phi) is 1.76. The molecule has 1 fully saturated rings. The zero-order valence-electron chi connectivity index (χ0n) is 6.06. The molecular weight excluding hydrogens is 180 g/mol. The average Bonchev–Trinajstić information content (AvgIpc) is 2.66. The van der Waals surface area contributed by atoms with E-state index in [0.717, 1.165) is 12.8 Å². The fourth-order valence-corrected chi connectivity index (χ4v) is 1.73. The van der Waals surface area contributed by atoms with E-state index in [9.17, 15) is 4.79 Å². The van der Waals surface area contributed by atoms with Crippen LogP contribution in [0.25, 0.3) is 0 Å². The summed E-state index contributed by atoms with van der Waals surface area (Å²) >= 11 is 1.42. The number of carboxylic acid groups (broad SMARTS) is 1. The summed E-state index contributed by atoms with van der Waals surface area (Å²) in [7, 11) is 0. The summed E-state index contributed by atoms with van der Waals surface area (Å²) in [6.45, 7) is 0. The molecule has 64 valence electrons. The Balaban J connectivity index is 2.17. The Morgan fingerprint density at radius 1 is 1.58 bits per heavy atom. The van der Waals surface area contributed by atoms with Gasteiger partial charge in [-0.2, -0.15) is 0 Å². The van der Waals surface area contributed by atoms with Crippen molar-refractivity contribution in [2.45, 2.75) is 23.1 Å². The van der Waals surface area contributed by atoms with Gasteiger partial charge in [0.25, 0.3) is 0 Å². The number of hydrogen-bond acceptors (Lipinski definition) is 5. The molecule has 1 N–H and O–H groups in total. The topological polar surface area (TPSA) is 76.2 Å². The van der Waals surface area contributed by atoms with Crippen molar-refractivity contribution in [1.29, 1.82) is 0 Å². The first-order valence-corrected chi connectivity index (χ1v) is 4.38. The lowest BCUT2D eigenvalue weighted by molar-refractivity contribution is 0.0682. The average molecular weight is 186 g/mol. The molecule has 0 aromatic carbocycles. The lowest BCUT2D eigenvalue weighted by Crippen LogP contribution is -1.98. The maximum Gasteiger partial charge on any atom is 0.361 e. The third-order valence-electron chi connectivity index (χ3n) is 1.46. The van der Waals surface area contributed by atoms with Crippen LogP contribution in [0.1, 0.15) is 23.3 Å². The molecule has 1 aromatic rings.